The lowest BCUT2D eigenvalue weighted by molar-refractivity contribution is 0.122. The van der Waals surface area contributed by atoms with E-state index >= 15 is 0 Å². The number of fused-ring (bicyclic) bond motifs is 2. The number of H-pyrrole nitrogens is 1. The number of aryl methyl sites for hydroxylation is 2. The molecule has 2 aromatic heterocycles. The van der Waals surface area contributed by atoms with E-state index in [-0.39, 0.29) is 5.88 Å². The van der Waals surface area contributed by atoms with Crippen LogP contribution in [0.4, 0.5) is 10.6 Å². The van der Waals surface area contributed by atoms with Crippen LogP contribution in [0.15, 0.2) is 72.9 Å². The summed E-state index contributed by atoms with van der Waals surface area (Å²) in [6.07, 6.45) is 1.74. The van der Waals surface area contributed by atoms with Gasteiger partial charge >= 0.3 is 6.16 Å². The van der Waals surface area contributed by atoms with Crippen molar-refractivity contribution in [3.05, 3.63) is 84.1 Å². The molecule has 0 unspecified atom stereocenters. The number of hydrogen-bond donors (Lipinski definition) is 2. The van der Waals surface area contributed by atoms with E-state index in [0.717, 1.165) is 68.6 Å². The Morgan fingerprint density at radius 2 is 1.80 bits per heavy atom. The minimum atomic E-state index is -1.35. The number of pyridine rings is 1. The highest BCUT2D eigenvalue weighted by Gasteiger charge is 2.23. The maximum absolute atomic E-state index is 11.6. The first-order valence-corrected chi connectivity index (χ1v) is 13.5. The zero-order valence-corrected chi connectivity index (χ0v) is 22.4. The van der Waals surface area contributed by atoms with E-state index in [1.165, 1.54) is 0 Å². The predicted octanol–water partition coefficient (Wildman–Crippen LogP) is 6.60. The second kappa shape index (κ2) is 11.3. The van der Waals surface area contributed by atoms with Crippen LogP contribution in [0.5, 0.6) is 11.6 Å². The topological polar surface area (TPSA) is 96.9 Å². The fourth-order valence-electron chi connectivity index (χ4n) is 5.53. The van der Waals surface area contributed by atoms with Crippen LogP contribution >= 0.6 is 0 Å². The average Bonchev–Trinajstić information content (AvgIpc) is 3.32. The number of aromatic amines is 1. The van der Waals surface area contributed by atoms with Gasteiger partial charge in [-0.1, -0.05) is 54.6 Å². The van der Waals surface area contributed by atoms with Crippen molar-refractivity contribution in [3.63, 3.8) is 0 Å². The summed E-state index contributed by atoms with van der Waals surface area (Å²) < 4.78 is 17.0. The smallest absolute Gasteiger partial charge is 0.493 e. The molecule has 0 aliphatic carbocycles. The van der Waals surface area contributed by atoms with E-state index in [1.54, 1.807) is 0 Å². The Hall–Kier alpha value is -4.56. The van der Waals surface area contributed by atoms with Gasteiger partial charge in [0.2, 0.25) is 5.88 Å². The standard InChI is InChI=1S/C32H31N3O5/c1-21-14-15-33-30(35-16-19-38-20-17-35)28(21)26-11-5-10-24-25(31(34-29(24)26)40-32(36)37)12-6-18-39-27-13-4-8-22-7-2-3-9-23(22)27/h2-5,7-11,13-15,34H,6,12,16-20H2,1H3,(H,36,37). The normalized spacial score (nSPS) is 13.6. The zero-order valence-electron chi connectivity index (χ0n) is 22.4. The number of hydrogen-bond acceptors (Lipinski definition) is 6. The first-order chi connectivity index (χ1) is 19.6. The van der Waals surface area contributed by atoms with Crippen LogP contribution in [0.3, 0.4) is 0 Å². The van der Waals surface area contributed by atoms with E-state index in [1.807, 2.05) is 54.7 Å². The van der Waals surface area contributed by atoms with E-state index in [4.69, 9.17) is 19.2 Å². The minimum Gasteiger partial charge on any atom is -0.493 e. The summed E-state index contributed by atoms with van der Waals surface area (Å²) in [6, 6.07) is 22.2. The summed E-state index contributed by atoms with van der Waals surface area (Å²) in [4.78, 5) is 21.9. The first kappa shape index (κ1) is 25.7. The van der Waals surface area contributed by atoms with Gasteiger partial charge in [0.05, 0.1) is 25.3 Å². The molecule has 1 aliphatic rings. The summed E-state index contributed by atoms with van der Waals surface area (Å²) in [5, 5.41) is 12.6. The number of nitrogens with zero attached hydrogens (tertiary/aromatic N) is 2. The Morgan fingerprint density at radius 3 is 2.65 bits per heavy atom. The fourth-order valence-corrected chi connectivity index (χ4v) is 5.53. The van der Waals surface area contributed by atoms with Gasteiger partial charge in [0, 0.05) is 46.7 Å². The van der Waals surface area contributed by atoms with Crippen LogP contribution in [-0.4, -0.2) is 54.1 Å². The van der Waals surface area contributed by atoms with E-state index < -0.39 is 6.16 Å². The van der Waals surface area contributed by atoms with Gasteiger partial charge in [-0.3, -0.25) is 0 Å². The van der Waals surface area contributed by atoms with Gasteiger partial charge in [0.25, 0.3) is 0 Å². The van der Waals surface area contributed by atoms with Gasteiger partial charge in [0.1, 0.15) is 11.6 Å². The van der Waals surface area contributed by atoms with Crippen LogP contribution < -0.4 is 14.4 Å². The van der Waals surface area contributed by atoms with Gasteiger partial charge in [-0.25, -0.2) is 9.78 Å². The number of anilines is 1. The lowest BCUT2D eigenvalue weighted by Gasteiger charge is -2.30. The molecule has 0 spiro atoms. The number of para-hydroxylation sites is 1. The van der Waals surface area contributed by atoms with Gasteiger partial charge in [-0.15, -0.1) is 0 Å². The summed E-state index contributed by atoms with van der Waals surface area (Å²) >= 11 is 0. The molecule has 0 amide bonds. The molecular formula is C32H31N3O5. The molecule has 204 valence electrons. The Balaban J connectivity index is 1.32. The van der Waals surface area contributed by atoms with Crippen molar-refractivity contribution in [2.75, 3.05) is 37.8 Å². The van der Waals surface area contributed by atoms with E-state index in [0.29, 0.717) is 32.7 Å². The number of carbonyl (C=O) groups is 1. The van der Waals surface area contributed by atoms with Crippen molar-refractivity contribution in [2.24, 2.45) is 0 Å². The SMILES string of the molecule is Cc1ccnc(N2CCOCC2)c1-c1cccc2c(CCCOc3cccc4ccccc34)c(OC(=O)O)[nH]c12. The Morgan fingerprint density at radius 1 is 1.02 bits per heavy atom. The molecule has 1 aliphatic heterocycles. The molecule has 40 heavy (non-hydrogen) atoms. The molecule has 1 fully saturated rings. The molecular weight excluding hydrogens is 506 g/mol. The molecule has 6 rings (SSSR count). The predicted molar refractivity (Wildman–Crippen MR) is 156 cm³/mol. The third-order valence-electron chi connectivity index (χ3n) is 7.39. The lowest BCUT2D eigenvalue weighted by Crippen LogP contribution is -2.37. The quantitative estimate of drug-likeness (QED) is 0.170. The van der Waals surface area contributed by atoms with E-state index in [9.17, 15) is 9.90 Å². The first-order valence-electron chi connectivity index (χ1n) is 13.5. The van der Waals surface area contributed by atoms with Crippen molar-refractivity contribution < 1.29 is 24.1 Å². The largest absolute Gasteiger partial charge is 0.512 e. The van der Waals surface area contributed by atoms with Crippen LogP contribution in [0.2, 0.25) is 0 Å². The highest BCUT2D eigenvalue weighted by Crippen LogP contribution is 2.40. The number of rotatable bonds is 8. The Kier molecular flexibility index (Phi) is 7.25. The van der Waals surface area contributed by atoms with Crippen molar-refractivity contribution in [1.29, 1.82) is 0 Å². The third kappa shape index (κ3) is 5.05. The molecule has 3 aromatic carbocycles. The van der Waals surface area contributed by atoms with Gasteiger partial charge in [-0.2, -0.15) is 0 Å². The molecule has 5 aromatic rings. The van der Waals surface area contributed by atoms with Crippen molar-refractivity contribution in [1.82, 2.24) is 9.97 Å². The van der Waals surface area contributed by atoms with Crippen molar-refractivity contribution >= 4 is 33.6 Å². The van der Waals surface area contributed by atoms with E-state index in [2.05, 4.69) is 35.0 Å². The highest BCUT2D eigenvalue weighted by molar-refractivity contribution is 6.01. The maximum Gasteiger partial charge on any atom is 0.512 e. The molecule has 0 atom stereocenters. The van der Waals surface area contributed by atoms with Crippen LogP contribution in [-0.2, 0) is 11.2 Å². The molecule has 8 heteroatoms. The van der Waals surface area contributed by atoms with Crippen molar-refractivity contribution in [2.45, 2.75) is 19.8 Å². The lowest BCUT2D eigenvalue weighted by atomic mass is 9.97. The summed E-state index contributed by atoms with van der Waals surface area (Å²) in [5.74, 6) is 1.98. The summed E-state index contributed by atoms with van der Waals surface area (Å²) in [5.41, 5.74) is 4.70. The fraction of sp³-hybridized carbons (Fsp3) is 0.250. The number of ether oxygens (including phenoxy) is 3. The number of benzene rings is 3. The maximum atomic E-state index is 11.6. The third-order valence-corrected chi connectivity index (χ3v) is 7.39. The zero-order chi connectivity index (χ0) is 27.5. The van der Waals surface area contributed by atoms with Crippen molar-refractivity contribution in [3.8, 4) is 22.8 Å². The molecule has 1 saturated heterocycles. The Bertz CT molecular complexity index is 1670. The van der Waals surface area contributed by atoms with Crippen LogP contribution in [0, 0.1) is 6.92 Å². The molecule has 0 radical (unpaired) electrons. The second-order valence-electron chi connectivity index (χ2n) is 9.88. The summed E-state index contributed by atoms with van der Waals surface area (Å²) in [6.45, 7) is 5.39. The van der Waals surface area contributed by atoms with Gasteiger partial charge < -0.3 is 29.2 Å². The molecule has 0 saturated carbocycles. The second-order valence-corrected chi connectivity index (χ2v) is 9.88. The van der Waals surface area contributed by atoms with Crippen LogP contribution in [0.1, 0.15) is 17.5 Å². The van der Waals surface area contributed by atoms with Gasteiger partial charge in [0.15, 0.2) is 0 Å². The summed E-state index contributed by atoms with van der Waals surface area (Å²) in [7, 11) is 0. The molecule has 2 N–H and O–H groups in total. The van der Waals surface area contributed by atoms with Gasteiger partial charge in [-0.05, 0) is 42.8 Å². The number of nitrogens with one attached hydrogen (secondary N) is 1. The number of aromatic nitrogens is 2. The molecule has 3 heterocycles. The molecule has 8 nitrogen and oxygen atoms in total. The highest BCUT2D eigenvalue weighted by atomic mass is 16.7. The number of carboxylic acid groups (broad SMARTS) is 1. The Labute approximate surface area is 232 Å². The average molecular weight is 538 g/mol. The monoisotopic (exact) mass is 537 g/mol. The minimum absolute atomic E-state index is 0.245. The molecule has 0 bridgehead atoms. The van der Waals surface area contributed by atoms with Crippen LogP contribution in [0.25, 0.3) is 32.8 Å². The number of morpholine rings is 1.